The average Bonchev–Trinajstić information content (AvgIpc) is 2.96. The number of halogens is 2. The Kier molecular flexibility index (Phi) is 5.93. The first-order chi connectivity index (χ1) is 16.0. The Balaban J connectivity index is 1.82. The zero-order chi connectivity index (χ0) is 24.8. The molecule has 0 fully saturated rings. The van der Waals surface area contributed by atoms with Gasteiger partial charge in [0.25, 0.3) is 0 Å². The first-order valence-electron chi connectivity index (χ1n) is 10.8. The van der Waals surface area contributed by atoms with Gasteiger partial charge in [0.1, 0.15) is 11.3 Å². The van der Waals surface area contributed by atoms with E-state index in [1.54, 1.807) is 19.9 Å². The highest BCUT2D eigenvalue weighted by atomic mass is 19.2. The number of para-hydroxylation sites is 1. The third-order valence-electron chi connectivity index (χ3n) is 6.31. The van der Waals surface area contributed by atoms with Crippen LogP contribution in [0.4, 0.5) is 14.3 Å². The van der Waals surface area contributed by atoms with Crippen molar-refractivity contribution in [3.05, 3.63) is 93.0 Å². The normalized spacial score (nSPS) is 16.1. The number of hydrogen-bond acceptors (Lipinski definition) is 5. The van der Waals surface area contributed by atoms with Crippen molar-refractivity contribution in [1.29, 1.82) is 0 Å². The van der Waals surface area contributed by atoms with Gasteiger partial charge in [0.05, 0.1) is 0 Å². The summed E-state index contributed by atoms with van der Waals surface area (Å²) in [6.07, 6.45) is 3.51. The topological polar surface area (TPSA) is 59.8 Å². The monoisotopic (exact) mass is 463 g/mol. The van der Waals surface area contributed by atoms with E-state index in [9.17, 15) is 18.2 Å². The number of allylic oxidation sites excluding steroid dienone is 4. The number of carbonyl (C=O) groups is 1. The van der Waals surface area contributed by atoms with Crippen molar-refractivity contribution < 1.29 is 22.5 Å². The third-order valence-corrected chi connectivity index (χ3v) is 6.31. The molecule has 1 aliphatic rings. The molecule has 0 atom stereocenters. The number of likely N-dealkylation sites (N-methyl/N-ethyl adjacent to an activating group) is 1. The second kappa shape index (κ2) is 8.59. The molecule has 2 aromatic carbocycles. The molecule has 0 bridgehead atoms. The number of ketones is 1. The molecule has 0 saturated carbocycles. The Hall–Kier alpha value is -3.68. The summed E-state index contributed by atoms with van der Waals surface area (Å²) >= 11 is 0. The molecular weight excluding hydrogens is 439 g/mol. The highest BCUT2D eigenvalue weighted by Crippen LogP contribution is 2.46. The average molecular weight is 463 g/mol. The smallest absolute Gasteiger partial charge is 0.504 e. The number of hydrogen-bond donors (Lipinski definition) is 0. The molecule has 2 heterocycles. The lowest BCUT2D eigenvalue weighted by Gasteiger charge is -2.23. The zero-order valence-corrected chi connectivity index (χ0v) is 19.6. The molecule has 4 rings (SSSR count). The van der Waals surface area contributed by atoms with Crippen molar-refractivity contribution in [3.8, 4) is 5.75 Å². The van der Waals surface area contributed by atoms with E-state index < -0.39 is 18.9 Å². The predicted molar refractivity (Wildman–Crippen MR) is 130 cm³/mol. The van der Waals surface area contributed by atoms with Gasteiger partial charge in [-0.1, -0.05) is 38.1 Å². The Morgan fingerprint density at radius 3 is 2.56 bits per heavy atom. The molecule has 8 heteroatoms. The zero-order valence-electron chi connectivity index (χ0n) is 19.6. The molecule has 5 nitrogen and oxygen atoms in total. The van der Waals surface area contributed by atoms with E-state index in [1.165, 1.54) is 23.8 Å². The van der Waals surface area contributed by atoms with E-state index in [4.69, 9.17) is 4.42 Å². The second-order valence-electron chi connectivity index (χ2n) is 8.87. The van der Waals surface area contributed by atoms with Crippen molar-refractivity contribution in [2.45, 2.75) is 33.1 Å². The molecule has 0 spiro atoms. The quantitative estimate of drug-likeness (QED) is 0.206. The summed E-state index contributed by atoms with van der Waals surface area (Å²) in [6.45, 7) is 7.48. The van der Waals surface area contributed by atoms with Gasteiger partial charge in [-0.25, -0.2) is 13.4 Å². The fourth-order valence-electron chi connectivity index (χ4n) is 4.55. The number of Topliss-reactive ketones (excluding diaryl/α,β-unsaturated/α-hetero) is 1. The standard InChI is InChI=1S/C26H24BF2NO4/c1-15(10-13-21-26(3,4)18-8-6-7-9-19(18)30(21)5)24(32)23-20(34-27(28)29)12-11-17-16(2)14-22(31)33-25(17)23/h6-14H,1-5H3/b15-10+,21-13-. The Bertz CT molecular complexity index is 1420. The van der Waals surface area contributed by atoms with Crippen molar-refractivity contribution in [2.75, 3.05) is 11.9 Å². The van der Waals surface area contributed by atoms with Gasteiger partial charge >= 0.3 is 13.1 Å². The molecule has 0 radical (unpaired) electrons. The minimum absolute atomic E-state index is 0.0701. The Morgan fingerprint density at radius 2 is 1.88 bits per heavy atom. The van der Waals surface area contributed by atoms with E-state index in [-0.39, 0.29) is 27.9 Å². The van der Waals surface area contributed by atoms with Crippen LogP contribution in [0.2, 0.25) is 0 Å². The molecule has 1 aliphatic heterocycles. The second-order valence-corrected chi connectivity index (χ2v) is 8.87. The summed E-state index contributed by atoms with van der Waals surface area (Å²) in [5.74, 6) is -0.907. The highest BCUT2D eigenvalue weighted by Gasteiger charge is 2.37. The van der Waals surface area contributed by atoms with Crippen LogP contribution < -0.4 is 15.2 Å². The summed E-state index contributed by atoms with van der Waals surface area (Å²) in [5.41, 5.74) is 2.83. The summed E-state index contributed by atoms with van der Waals surface area (Å²) in [5, 5.41) is 0.475. The maximum Gasteiger partial charge on any atom is 0.796 e. The maximum atomic E-state index is 13.5. The molecule has 0 aliphatic carbocycles. The predicted octanol–water partition coefficient (Wildman–Crippen LogP) is 5.84. The minimum atomic E-state index is -3.14. The number of nitrogens with zero attached hydrogens (tertiary/aromatic N) is 1. The largest absolute Gasteiger partial charge is 0.796 e. The van der Waals surface area contributed by atoms with Crippen LogP contribution in [-0.2, 0) is 5.41 Å². The highest BCUT2D eigenvalue weighted by molar-refractivity contribution is 6.36. The first kappa shape index (κ1) is 23.5. The summed E-state index contributed by atoms with van der Waals surface area (Å²) in [7, 11) is -1.18. The summed E-state index contributed by atoms with van der Waals surface area (Å²) in [4.78, 5) is 27.5. The van der Waals surface area contributed by atoms with Crippen LogP contribution in [0.15, 0.2) is 75.1 Å². The molecule has 0 unspecified atom stereocenters. The fraction of sp³-hybridized carbons (Fsp3) is 0.231. The lowest BCUT2D eigenvalue weighted by molar-refractivity contribution is 0.103. The van der Waals surface area contributed by atoms with Crippen LogP contribution in [0.25, 0.3) is 11.0 Å². The number of fused-ring (bicyclic) bond motifs is 2. The fourth-order valence-corrected chi connectivity index (χ4v) is 4.55. The van der Waals surface area contributed by atoms with Crippen LogP contribution in [0.1, 0.15) is 42.3 Å². The lowest BCUT2D eigenvalue weighted by Crippen LogP contribution is -2.22. The van der Waals surface area contributed by atoms with Crippen molar-refractivity contribution in [1.82, 2.24) is 0 Å². The van der Waals surface area contributed by atoms with Crippen LogP contribution in [0, 0.1) is 6.92 Å². The van der Waals surface area contributed by atoms with Crippen LogP contribution in [-0.4, -0.2) is 20.3 Å². The van der Waals surface area contributed by atoms with Gasteiger partial charge in [-0.2, -0.15) is 0 Å². The van der Waals surface area contributed by atoms with Gasteiger partial charge in [0.15, 0.2) is 11.4 Å². The van der Waals surface area contributed by atoms with E-state index in [2.05, 4.69) is 29.5 Å². The van der Waals surface area contributed by atoms with E-state index >= 15 is 0 Å². The first-order valence-corrected chi connectivity index (χ1v) is 10.8. The molecule has 174 valence electrons. The van der Waals surface area contributed by atoms with Gasteiger partial charge in [0.2, 0.25) is 0 Å². The molecule has 0 amide bonds. The maximum absolute atomic E-state index is 13.5. The van der Waals surface area contributed by atoms with Gasteiger partial charge in [-0.05, 0) is 54.8 Å². The number of anilines is 1. The molecule has 0 saturated heterocycles. The van der Waals surface area contributed by atoms with Crippen molar-refractivity contribution >= 4 is 29.9 Å². The SMILES string of the molecule is C/C(=C\C=C1/N(C)c2ccccc2C1(C)C)C(=O)c1c(OB(F)F)ccc2c(C)cc(=O)oc12. The van der Waals surface area contributed by atoms with E-state index in [1.807, 2.05) is 31.3 Å². The van der Waals surface area contributed by atoms with Crippen LogP contribution >= 0.6 is 0 Å². The third kappa shape index (κ3) is 3.93. The molecule has 3 aromatic rings. The molecule has 1 aromatic heterocycles. The number of carbonyl (C=O) groups excluding carboxylic acids is 1. The summed E-state index contributed by atoms with van der Waals surface area (Å²) in [6, 6.07) is 12.1. The Morgan fingerprint density at radius 1 is 1.18 bits per heavy atom. The van der Waals surface area contributed by atoms with E-state index in [0.717, 1.165) is 11.4 Å². The van der Waals surface area contributed by atoms with Crippen LogP contribution in [0.3, 0.4) is 0 Å². The Labute approximate surface area is 196 Å². The number of rotatable bonds is 5. The lowest BCUT2D eigenvalue weighted by atomic mass is 9.83. The number of aryl methyl sites for hydroxylation is 1. The van der Waals surface area contributed by atoms with Gasteiger partial charge in [0, 0.05) is 35.3 Å². The van der Waals surface area contributed by atoms with Gasteiger partial charge < -0.3 is 14.0 Å². The minimum Gasteiger partial charge on any atom is -0.504 e. The van der Waals surface area contributed by atoms with Crippen molar-refractivity contribution in [3.63, 3.8) is 0 Å². The molecule has 0 N–H and O–H groups in total. The van der Waals surface area contributed by atoms with Gasteiger partial charge in [-0.15, -0.1) is 0 Å². The molecule has 34 heavy (non-hydrogen) atoms. The molecular formula is C26H24BF2NO4. The van der Waals surface area contributed by atoms with E-state index in [0.29, 0.717) is 10.9 Å². The van der Waals surface area contributed by atoms with Crippen LogP contribution in [0.5, 0.6) is 5.75 Å². The van der Waals surface area contributed by atoms with Gasteiger partial charge in [-0.3, -0.25) is 4.79 Å². The summed E-state index contributed by atoms with van der Waals surface area (Å²) < 4.78 is 36.1. The van der Waals surface area contributed by atoms with Crippen molar-refractivity contribution in [2.24, 2.45) is 0 Å². The number of benzene rings is 2.